The highest BCUT2D eigenvalue weighted by molar-refractivity contribution is 14.1. The Morgan fingerprint density at radius 3 is 2.86 bits per heavy atom. The number of rotatable bonds is 1. The molecule has 0 fully saturated rings. The average molecular weight is 300 g/mol. The summed E-state index contributed by atoms with van der Waals surface area (Å²) in [6, 6.07) is 3.88. The first kappa shape index (κ1) is 9.45. The lowest BCUT2D eigenvalue weighted by Gasteiger charge is -2.03. The maximum Gasteiger partial charge on any atom is 0.155 e. The van der Waals surface area contributed by atoms with Gasteiger partial charge in [-0.1, -0.05) is 0 Å². The van der Waals surface area contributed by atoms with Gasteiger partial charge in [0, 0.05) is 6.20 Å². The summed E-state index contributed by atoms with van der Waals surface area (Å²) in [5.41, 5.74) is 6.98. The van der Waals surface area contributed by atoms with Gasteiger partial charge in [-0.05, 0) is 47.2 Å². The van der Waals surface area contributed by atoms with Crippen LogP contribution in [0.1, 0.15) is 5.56 Å². The summed E-state index contributed by atoms with van der Waals surface area (Å²) >= 11 is 2.14. The van der Waals surface area contributed by atoms with E-state index in [4.69, 9.17) is 5.73 Å². The van der Waals surface area contributed by atoms with E-state index in [1.54, 1.807) is 17.1 Å². The van der Waals surface area contributed by atoms with E-state index in [0.29, 0.717) is 5.82 Å². The van der Waals surface area contributed by atoms with Crippen molar-refractivity contribution >= 4 is 28.4 Å². The normalized spacial score (nSPS) is 10.4. The SMILES string of the molecule is Cc1ccnc(-n2ncc(I)c2N)c1. The highest BCUT2D eigenvalue weighted by Crippen LogP contribution is 2.17. The van der Waals surface area contributed by atoms with E-state index in [1.165, 1.54) is 0 Å². The third-order valence-corrected chi connectivity index (χ3v) is 2.71. The number of pyridine rings is 1. The quantitative estimate of drug-likeness (QED) is 0.817. The maximum absolute atomic E-state index is 5.84. The topological polar surface area (TPSA) is 56.7 Å². The molecule has 0 radical (unpaired) electrons. The van der Waals surface area contributed by atoms with E-state index >= 15 is 0 Å². The molecule has 2 aromatic heterocycles. The fourth-order valence-electron chi connectivity index (χ4n) is 1.16. The molecule has 0 aliphatic carbocycles. The molecule has 14 heavy (non-hydrogen) atoms. The van der Waals surface area contributed by atoms with E-state index in [1.807, 2.05) is 19.1 Å². The summed E-state index contributed by atoms with van der Waals surface area (Å²) < 4.78 is 2.57. The lowest BCUT2D eigenvalue weighted by atomic mass is 10.3. The second kappa shape index (κ2) is 3.56. The molecule has 2 aromatic rings. The van der Waals surface area contributed by atoms with E-state index in [-0.39, 0.29) is 0 Å². The number of aryl methyl sites for hydroxylation is 1. The van der Waals surface area contributed by atoms with Crippen LogP contribution in [0.15, 0.2) is 24.5 Å². The van der Waals surface area contributed by atoms with Gasteiger partial charge in [0.2, 0.25) is 0 Å². The molecule has 2 rings (SSSR count). The maximum atomic E-state index is 5.84. The molecule has 0 aromatic carbocycles. The van der Waals surface area contributed by atoms with E-state index in [2.05, 4.69) is 32.7 Å². The molecule has 72 valence electrons. The van der Waals surface area contributed by atoms with Crippen LogP contribution >= 0.6 is 22.6 Å². The van der Waals surface area contributed by atoms with Crippen LogP contribution in [0.4, 0.5) is 5.82 Å². The van der Waals surface area contributed by atoms with Crippen molar-refractivity contribution in [1.82, 2.24) is 14.8 Å². The third kappa shape index (κ3) is 1.59. The van der Waals surface area contributed by atoms with Gasteiger partial charge in [-0.15, -0.1) is 0 Å². The molecule has 0 saturated heterocycles. The van der Waals surface area contributed by atoms with Crippen LogP contribution in [-0.2, 0) is 0 Å². The van der Waals surface area contributed by atoms with Crippen LogP contribution in [0.3, 0.4) is 0 Å². The number of anilines is 1. The molecule has 0 spiro atoms. The van der Waals surface area contributed by atoms with Gasteiger partial charge in [0.15, 0.2) is 5.82 Å². The Morgan fingerprint density at radius 1 is 1.50 bits per heavy atom. The van der Waals surface area contributed by atoms with Crippen molar-refractivity contribution < 1.29 is 0 Å². The number of nitrogen functional groups attached to an aromatic ring is 1. The van der Waals surface area contributed by atoms with Crippen molar-refractivity contribution in [2.24, 2.45) is 0 Å². The third-order valence-electron chi connectivity index (χ3n) is 1.88. The van der Waals surface area contributed by atoms with Gasteiger partial charge < -0.3 is 5.73 Å². The summed E-state index contributed by atoms with van der Waals surface area (Å²) in [6.45, 7) is 2.01. The largest absolute Gasteiger partial charge is 0.383 e. The van der Waals surface area contributed by atoms with E-state index in [9.17, 15) is 0 Å². The van der Waals surface area contributed by atoms with Crippen molar-refractivity contribution in [3.63, 3.8) is 0 Å². The molecular weight excluding hydrogens is 291 g/mol. The fraction of sp³-hybridized carbons (Fsp3) is 0.111. The van der Waals surface area contributed by atoms with Gasteiger partial charge in [0.25, 0.3) is 0 Å². The molecule has 0 aliphatic rings. The van der Waals surface area contributed by atoms with Crippen LogP contribution in [0, 0.1) is 10.5 Å². The summed E-state index contributed by atoms with van der Waals surface area (Å²) in [7, 11) is 0. The van der Waals surface area contributed by atoms with Crippen molar-refractivity contribution in [3.05, 3.63) is 33.7 Å². The predicted molar refractivity (Wildman–Crippen MR) is 63.2 cm³/mol. The van der Waals surface area contributed by atoms with E-state index in [0.717, 1.165) is 15.0 Å². The molecule has 0 amide bonds. The monoisotopic (exact) mass is 300 g/mol. The summed E-state index contributed by atoms with van der Waals surface area (Å²) in [4.78, 5) is 4.20. The summed E-state index contributed by atoms with van der Waals surface area (Å²) in [6.07, 6.45) is 3.47. The van der Waals surface area contributed by atoms with Gasteiger partial charge in [-0.2, -0.15) is 9.78 Å². The van der Waals surface area contributed by atoms with Gasteiger partial charge >= 0.3 is 0 Å². The zero-order chi connectivity index (χ0) is 10.1. The van der Waals surface area contributed by atoms with Crippen molar-refractivity contribution in [2.75, 3.05) is 5.73 Å². The number of halogens is 1. The van der Waals surface area contributed by atoms with Gasteiger partial charge in [-0.25, -0.2) is 4.98 Å². The Bertz CT molecular complexity index is 464. The molecule has 0 atom stereocenters. The van der Waals surface area contributed by atoms with Crippen LogP contribution in [0.5, 0.6) is 0 Å². The predicted octanol–water partition coefficient (Wildman–Crippen LogP) is 1.76. The second-order valence-electron chi connectivity index (χ2n) is 2.98. The van der Waals surface area contributed by atoms with Crippen molar-refractivity contribution in [2.45, 2.75) is 6.92 Å². The Labute approximate surface area is 95.3 Å². The highest BCUT2D eigenvalue weighted by atomic mass is 127. The number of hydrogen-bond donors (Lipinski definition) is 1. The molecule has 0 aliphatic heterocycles. The number of nitrogens with two attached hydrogens (primary N) is 1. The molecule has 0 bridgehead atoms. The minimum atomic E-state index is 0.628. The fourth-order valence-corrected chi connectivity index (χ4v) is 1.51. The van der Waals surface area contributed by atoms with Crippen LogP contribution in [0.2, 0.25) is 0 Å². The molecule has 4 nitrogen and oxygen atoms in total. The van der Waals surface area contributed by atoms with Gasteiger partial charge in [-0.3, -0.25) is 0 Å². The summed E-state index contributed by atoms with van der Waals surface area (Å²) in [5.74, 6) is 1.38. The zero-order valence-electron chi connectivity index (χ0n) is 7.61. The number of aromatic nitrogens is 3. The zero-order valence-corrected chi connectivity index (χ0v) is 9.76. The average Bonchev–Trinajstić information content (AvgIpc) is 2.48. The van der Waals surface area contributed by atoms with Crippen LogP contribution in [-0.4, -0.2) is 14.8 Å². The Morgan fingerprint density at radius 2 is 2.29 bits per heavy atom. The molecule has 2 N–H and O–H groups in total. The molecular formula is C9H9IN4. The number of nitrogens with zero attached hydrogens (tertiary/aromatic N) is 3. The standard InChI is InChI=1S/C9H9IN4/c1-6-2-3-12-8(4-6)14-9(11)7(10)5-13-14/h2-5H,11H2,1H3. The number of hydrogen-bond acceptors (Lipinski definition) is 3. The molecule has 0 unspecified atom stereocenters. The second-order valence-corrected chi connectivity index (χ2v) is 4.14. The van der Waals surface area contributed by atoms with Gasteiger partial charge in [0.1, 0.15) is 5.82 Å². The minimum Gasteiger partial charge on any atom is -0.383 e. The lowest BCUT2D eigenvalue weighted by molar-refractivity contribution is 0.855. The minimum absolute atomic E-state index is 0.628. The van der Waals surface area contributed by atoms with Crippen molar-refractivity contribution in [1.29, 1.82) is 0 Å². The molecule has 0 saturated carbocycles. The van der Waals surface area contributed by atoms with Crippen LogP contribution in [0.25, 0.3) is 5.82 Å². The lowest BCUT2D eigenvalue weighted by Crippen LogP contribution is -2.04. The summed E-state index contributed by atoms with van der Waals surface area (Å²) in [5, 5.41) is 4.15. The molecule has 5 heteroatoms. The Hall–Kier alpha value is -1.11. The Balaban J connectivity index is 2.55. The first-order chi connectivity index (χ1) is 6.68. The van der Waals surface area contributed by atoms with E-state index < -0.39 is 0 Å². The first-order valence-corrected chi connectivity index (χ1v) is 5.18. The van der Waals surface area contributed by atoms with Crippen molar-refractivity contribution in [3.8, 4) is 5.82 Å². The smallest absolute Gasteiger partial charge is 0.155 e. The highest BCUT2D eigenvalue weighted by Gasteiger charge is 2.06. The first-order valence-electron chi connectivity index (χ1n) is 4.10. The van der Waals surface area contributed by atoms with Crippen LogP contribution < -0.4 is 5.73 Å². The molecule has 2 heterocycles. The Kier molecular flexibility index (Phi) is 2.40. The van der Waals surface area contributed by atoms with Gasteiger partial charge in [0.05, 0.1) is 9.77 Å².